The van der Waals surface area contributed by atoms with Crippen LogP contribution in [0.15, 0.2) is 66.7 Å². The van der Waals surface area contributed by atoms with Gasteiger partial charge in [0.15, 0.2) is 0 Å². The predicted molar refractivity (Wildman–Crippen MR) is 111 cm³/mol. The van der Waals surface area contributed by atoms with Crippen LogP contribution in [-0.2, 0) is 9.59 Å². The lowest BCUT2D eigenvalue weighted by Crippen LogP contribution is -2.11. The van der Waals surface area contributed by atoms with E-state index in [4.69, 9.17) is 5.11 Å². The molecule has 0 aliphatic carbocycles. The van der Waals surface area contributed by atoms with Crippen LogP contribution in [0.1, 0.15) is 25.7 Å². The smallest absolute Gasteiger partial charge is 0.330 e. The van der Waals surface area contributed by atoms with Gasteiger partial charge in [-0.2, -0.15) is 0 Å². The summed E-state index contributed by atoms with van der Waals surface area (Å²) in [4.78, 5) is 23.9. The molecular formula is C22H21NO3S. The molecule has 1 amide bonds. The molecule has 2 N–H and O–H groups in total. The van der Waals surface area contributed by atoms with Crippen molar-refractivity contribution in [3.05, 3.63) is 66.7 Å². The third kappa shape index (κ3) is 5.05. The van der Waals surface area contributed by atoms with Gasteiger partial charge in [-0.3, -0.25) is 4.79 Å². The Morgan fingerprint density at radius 2 is 1.70 bits per heavy atom. The van der Waals surface area contributed by atoms with Crippen molar-refractivity contribution in [1.82, 2.24) is 0 Å². The van der Waals surface area contributed by atoms with Crippen molar-refractivity contribution in [1.29, 1.82) is 0 Å². The van der Waals surface area contributed by atoms with Crippen LogP contribution in [-0.4, -0.2) is 17.0 Å². The van der Waals surface area contributed by atoms with E-state index < -0.39 is 5.97 Å². The number of hydrogen-bond donors (Lipinski definition) is 2. The summed E-state index contributed by atoms with van der Waals surface area (Å²) in [7, 11) is 0. The number of unbranched alkanes of at least 4 members (excludes halogenated alkanes) is 1. The van der Waals surface area contributed by atoms with E-state index in [1.165, 1.54) is 15.0 Å². The highest BCUT2D eigenvalue weighted by atomic mass is 32.1. The van der Waals surface area contributed by atoms with Crippen molar-refractivity contribution in [3.63, 3.8) is 0 Å². The molecule has 0 radical (unpaired) electrons. The Hall–Kier alpha value is -2.92. The zero-order chi connectivity index (χ0) is 19.2. The highest BCUT2D eigenvalue weighted by molar-refractivity contribution is 7.22. The van der Waals surface area contributed by atoms with Crippen molar-refractivity contribution in [3.8, 4) is 10.4 Å². The third-order valence-corrected chi connectivity index (χ3v) is 5.48. The minimum atomic E-state index is -0.974. The largest absolute Gasteiger partial charge is 0.478 e. The third-order valence-electron chi connectivity index (χ3n) is 4.31. The monoisotopic (exact) mass is 379 g/mol. The number of rotatable bonds is 8. The van der Waals surface area contributed by atoms with E-state index in [9.17, 15) is 9.59 Å². The summed E-state index contributed by atoms with van der Waals surface area (Å²) in [5, 5.41) is 12.9. The van der Waals surface area contributed by atoms with Gasteiger partial charge in [0.25, 0.3) is 0 Å². The Bertz CT molecular complexity index is 940. The number of thiophene rings is 1. The van der Waals surface area contributed by atoms with Crippen LogP contribution in [0.25, 0.3) is 20.5 Å². The normalized spacial score (nSPS) is 10.7. The molecular weight excluding hydrogens is 358 g/mol. The van der Waals surface area contributed by atoms with E-state index in [1.54, 1.807) is 11.3 Å². The number of carbonyl (C=O) groups is 2. The number of benzene rings is 2. The standard InChI is InChI=1S/C22H21NO3S/c1-15(22(25)26)6-2-5-9-21(24)23-18-12-10-16(11-13-18)20-14-17-7-3-4-8-19(17)27-20/h3-4,7-8,10-14H,1-2,5-6,9H2,(H,23,24)(H,25,26). The van der Waals surface area contributed by atoms with Crippen LogP contribution < -0.4 is 5.32 Å². The van der Waals surface area contributed by atoms with Crippen LogP contribution in [0.4, 0.5) is 5.69 Å². The van der Waals surface area contributed by atoms with E-state index in [0.29, 0.717) is 25.7 Å². The fraction of sp³-hybridized carbons (Fsp3) is 0.182. The molecule has 4 nitrogen and oxygen atoms in total. The maximum atomic E-state index is 12.0. The molecule has 0 saturated heterocycles. The van der Waals surface area contributed by atoms with Crippen LogP contribution in [0.2, 0.25) is 0 Å². The van der Waals surface area contributed by atoms with Gasteiger partial charge in [0, 0.05) is 27.3 Å². The number of carboxylic acid groups (broad SMARTS) is 1. The first-order valence-corrected chi connectivity index (χ1v) is 9.64. The molecule has 1 heterocycles. The first kappa shape index (κ1) is 18.9. The van der Waals surface area contributed by atoms with Gasteiger partial charge < -0.3 is 10.4 Å². The van der Waals surface area contributed by atoms with Crippen LogP contribution in [0.5, 0.6) is 0 Å². The number of hydrogen-bond acceptors (Lipinski definition) is 3. The number of carbonyl (C=O) groups excluding carboxylic acids is 1. The average molecular weight is 379 g/mol. The van der Waals surface area contributed by atoms with Gasteiger partial charge >= 0.3 is 5.97 Å². The van der Waals surface area contributed by atoms with Crippen LogP contribution >= 0.6 is 11.3 Å². The molecule has 3 rings (SSSR count). The minimum absolute atomic E-state index is 0.0643. The van der Waals surface area contributed by atoms with Crippen molar-refractivity contribution in [2.45, 2.75) is 25.7 Å². The SMILES string of the molecule is C=C(CCCCC(=O)Nc1ccc(-c2cc3ccccc3s2)cc1)C(=O)O. The summed E-state index contributed by atoms with van der Waals surface area (Å²) in [5.41, 5.74) is 2.08. The quantitative estimate of drug-likeness (QED) is 0.389. The van der Waals surface area contributed by atoms with E-state index >= 15 is 0 Å². The van der Waals surface area contributed by atoms with E-state index in [0.717, 1.165) is 11.3 Å². The predicted octanol–water partition coefficient (Wildman–Crippen LogP) is 5.71. The fourth-order valence-electron chi connectivity index (χ4n) is 2.80. The van der Waals surface area contributed by atoms with E-state index in [-0.39, 0.29) is 11.5 Å². The fourth-order valence-corrected chi connectivity index (χ4v) is 3.86. The molecule has 5 heteroatoms. The van der Waals surface area contributed by atoms with Crippen molar-refractivity contribution < 1.29 is 14.7 Å². The summed E-state index contributed by atoms with van der Waals surface area (Å²) < 4.78 is 1.26. The summed E-state index contributed by atoms with van der Waals surface area (Å²) in [6, 6.07) is 18.3. The maximum Gasteiger partial charge on any atom is 0.330 e. The van der Waals surface area contributed by atoms with Gasteiger partial charge in [-0.25, -0.2) is 4.79 Å². The minimum Gasteiger partial charge on any atom is -0.478 e. The number of nitrogens with one attached hydrogen (secondary N) is 1. The van der Waals surface area contributed by atoms with Gasteiger partial charge in [-0.15, -0.1) is 11.3 Å². The number of aliphatic carboxylic acids is 1. The summed E-state index contributed by atoms with van der Waals surface area (Å²) in [6.07, 6.45) is 2.05. The highest BCUT2D eigenvalue weighted by Crippen LogP contribution is 2.33. The molecule has 0 spiro atoms. The second-order valence-electron chi connectivity index (χ2n) is 6.39. The molecule has 0 saturated carbocycles. The molecule has 0 unspecified atom stereocenters. The summed E-state index contributed by atoms with van der Waals surface area (Å²) in [5.74, 6) is -1.04. The summed E-state index contributed by atoms with van der Waals surface area (Å²) >= 11 is 1.75. The Morgan fingerprint density at radius 3 is 2.41 bits per heavy atom. The molecule has 0 aliphatic rings. The number of carboxylic acids is 1. The molecule has 138 valence electrons. The van der Waals surface area contributed by atoms with Crippen molar-refractivity contribution in [2.24, 2.45) is 0 Å². The van der Waals surface area contributed by atoms with Gasteiger partial charge in [0.2, 0.25) is 5.91 Å². The second kappa shape index (κ2) is 8.64. The molecule has 0 aliphatic heterocycles. The zero-order valence-corrected chi connectivity index (χ0v) is 15.7. The zero-order valence-electron chi connectivity index (χ0n) is 14.9. The van der Waals surface area contributed by atoms with Gasteiger partial charge in [0.1, 0.15) is 0 Å². The number of fused-ring (bicyclic) bond motifs is 1. The summed E-state index contributed by atoms with van der Waals surface area (Å²) in [6.45, 7) is 3.49. The van der Waals surface area contributed by atoms with Crippen LogP contribution in [0.3, 0.4) is 0 Å². The molecule has 1 aromatic heterocycles. The van der Waals surface area contributed by atoms with Crippen molar-refractivity contribution in [2.75, 3.05) is 5.32 Å². The first-order valence-electron chi connectivity index (χ1n) is 8.83. The molecule has 0 atom stereocenters. The molecule has 27 heavy (non-hydrogen) atoms. The number of anilines is 1. The molecule has 3 aromatic rings. The average Bonchev–Trinajstić information content (AvgIpc) is 3.09. The molecule has 0 fully saturated rings. The van der Waals surface area contributed by atoms with Gasteiger partial charge in [-0.1, -0.05) is 36.9 Å². The van der Waals surface area contributed by atoms with Crippen molar-refractivity contribution >= 4 is 39.0 Å². The Morgan fingerprint density at radius 1 is 1.00 bits per heavy atom. The van der Waals surface area contributed by atoms with Crippen LogP contribution in [0, 0.1) is 0 Å². The highest BCUT2D eigenvalue weighted by Gasteiger charge is 2.07. The Kier molecular flexibility index (Phi) is 6.04. The molecule has 2 aromatic carbocycles. The van der Waals surface area contributed by atoms with Gasteiger partial charge in [-0.05, 0) is 54.5 Å². The lowest BCUT2D eigenvalue weighted by molar-refractivity contribution is -0.132. The lowest BCUT2D eigenvalue weighted by Gasteiger charge is -2.06. The maximum absolute atomic E-state index is 12.0. The van der Waals surface area contributed by atoms with Gasteiger partial charge in [0.05, 0.1) is 0 Å². The Balaban J connectivity index is 1.52. The molecule has 0 bridgehead atoms. The van der Waals surface area contributed by atoms with E-state index in [2.05, 4.69) is 30.1 Å². The Labute approximate surface area is 162 Å². The first-order chi connectivity index (χ1) is 13.0. The topological polar surface area (TPSA) is 66.4 Å². The second-order valence-corrected chi connectivity index (χ2v) is 7.47. The lowest BCUT2D eigenvalue weighted by atomic mass is 10.1. The number of amides is 1. The van der Waals surface area contributed by atoms with E-state index in [1.807, 2.05) is 36.4 Å².